The van der Waals surface area contributed by atoms with Crippen LogP contribution in [0.4, 0.5) is 0 Å². The Labute approximate surface area is 234 Å². The number of aromatic nitrogens is 3. The van der Waals surface area contributed by atoms with Crippen molar-refractivity contribution in [1.29, 1.82) is 0 Å². The standard InChI is InChI=1S/C34H21N3.Pt/c1-3-12-27-24(9-1)16-18-35-31(27)22-33-30-15-6-5-14-29(30)32(37-33)21-23-8-7-11-26(20-23)34-28-13-4-2-10-25(28)17-19-36-34;/h1-19,21-22H;/q-2;+2. The van der Waals surface area contributed by atoms with Crippen molar-refractivity contribution in [3.05, 3.63) is 144 Å². The maximum Gasteiger partial charge on any atom is 2.00 e. The van der Waals surface area contributed by atoms with E-state index < -0.39 is 0 Å². The minimum atomic E-state index is 0. The van der Waals surface area contributed by atoms with E-state index >= 15 is 0 Å². The maximum absolute atomic E-state index is 5.05. The molecule has 0 unspecified atom stereocenters. The molecule has 0 aliphatic carbocycles. The van der Waals surface area contributed by atoms with E-state index in [0.717, 1.165) is 54.8 Å². The molecule has 4 aromatic carbocycles. The van der Waals surface area contributed by atoms with Crippen molar-refractivity contribution in [1.82, 2.24) is 15.0 Å². The van der Waals surface area contributed by atoms with Gasteiger partial charge in [0.15, 0.2) is 0 Å². The van der Waals surface area contributed by atoms with E-state index in [2.05, 4.69) is 101 Å². The largest absolute Gasteiger partial charge is 2.00 e. The zero-order chi connectivity index (χ0) is 24.6. The van der Waals surface area contributed by atoms with Gasteiger partial charge in [-0.05, 0) is 45.1 Å². The minimum Gasteiger partial charge on any atom is -0.663 e. The van der Waals surface area contributed by atoms with Gasteiger partial charge in [0, 0.05) is 23.5 Å². The molecule has 0 amide bonds. The van der Waals surface area contributed by atoms with Gasteiger partial charge in [0.2, 0.25) is 0 Å². The molecule has 182 valence electrons. The summed E-state index contributed by atoms with van der Waals surface area (Å²) >= 11 is 0. The Hall–Kier alpha value is -4.33. The monoisotopic (exact) mass is 666 g/mol. The third kappa shape index (κ3) is 4.36. The van der Waals surface area contributed by atoms with Crippen LogP contribution in [-0.2, 0) is 21.1 Å². The van der Waals surface area contributed by atoms with Gasteiger partial charge >= 0.3 is 21.1 Å². The van der Waals surface area contributed by atoms with Crippen molar-refractivity contribution in [3.8, 4) is 11.3 Å². The predicted octanol–water partition coefficient (Wildman–Crippen LogP) is 6.02. The molecular weight excluding hydrogens is 645 g/mol. The summed E-state index contributed by atoms with van der Waals surface area (Å²) in [6, 6.07) is 38.8. The van der Waals surface area contributed by atoms with E-state index in [0.29, 0.717) is 0 Å². The fourth-order valence-corrected chi connectivity index (χ4v) is 4.98. The maximum atomic E-state index is 5.05. The molecule has 0 aliphatic heterocycles. The normalized spacial score (nSPS) is 12.3. The molecule has 0 saturated heterocycles. The third-order valence-electron chi connectivity index (χ3n) is 6.74. The fourth-order valence-electron chi connectivity index (χ4n) is 4.98. The number of rotatable bonds is 3. The SMILES string of the molecule is [Pt+2].[c-]1c(C=c2[n-]c(=Cc3nccc4ccccc34)c3ccccc23)cccc1-c1nccc2ccccc12. The second-order valence-corrected chi connectivity index (χ2v) is 9.03. The van der Waals surface area contributed by atoms with Crippen LogP contribution in [0.25, 0.3) is 55.7 Å². The topological polar surface area (TPSA) is 39.9 Å². The van der Waals surface area contributed by atoms with Crippen LogP contribution in [0.1, 0.15) is 11.3 Å². The van der Waals surface area contributed by atoms with Gasteiger partial charge in [0.1, 0.15) is 0 Å². The number of nitrogens with zero attached hydrogens (tertiary/aromatic N) is 3. The van der Waals surface area contributed by atoms with Gasteiger partial charge in [0.05, 0.1) is 5.69 Å². The van der Waals surface area contributed by atoms with E-state index in [1.165, 1.54) is 10.8 Å². The van der Waals surface area contributed by atoms with Crippen molar-refractivity contribution in [2.24, 2.45) is 0 Å². The Balaban J connectivity index is 0.00000264. The summed E-state index contributed by atoms with van der Waals surface area (Å²) in [4.78, 5) is 14.4. The van der Waals surface area contributed by atoms with Crippen molar-refractivity contribution < 1.29 is 21.1 Å². The molecule has 0 aliphatic rings. The van der Waals surface area contributed by atoms with E-state index in [9.17, 15) is 0 Å². The summed E-state index contributed by atoms with van der Waals surface area (Å²) in [5, 5.41) is 8.62. The van der Waals surface area contributed by atoms with E-state index in [1.807, 2.05) is 42.7 Å². The molecule has 0 radical (unpaired) electrons. The van der Waals surface area contributed by atoms with Gasteiger partial charge in [-0.15, -0.1) is 41.3 Å². The van der Waals surface area contributed by atoms with Crippen LogP contribution in [0.5, 0.6) is 0 Å². The van der Waals surface area contributed by atoms with Gasteiger partial charge in [-0.1, -0.05) is 78.4 Å². The quantitative estimate of drug-likeness (QED) is 0.217. The Bertz CT molecular complexity index is 2050. The molecule has 0 spiro atoms. The molecule has 0 N–H and O–H groups in total. The summed E-state index contributed by atoms with van der Waals surface area (Å²) in [5.41, 5.74) is 3.78. The molecule has 3 heterocycles. The number of benzene rings is 4. The fraction of sp³-hybridized carbons (Fsp3) is 0. The molecule has 7 rings (SSSR count). The second-order valence-electron chi connectivity index (χ2n) is 9.03. The number of fused-ring (bicyclic) bond motifs is 3. The summed E-state index contributed by atoms with van der Waals surface area (Å²) < 4.78 is 0. The second kappa shape index (κ2) is 10.2. The zero-order valence-electron chi connectivity index (χ0n) is 20.3. The minimum absolute atomic E-state index is 0. The van der Waals surface area contributed by atoms with E-state index in [4.69, 9.17) is 4.98 Å². The van der Waals surface area contributed by atoms with E-state index in [1.54, 1.807) is 0 Å². The third-order valence-corrected chi connectivity index (χ3v) is 6.74. The summed E-state index contributed by atoms with van der Waals surface area (Å²) in [7, 11) is 0. The first-order valence-electron chi connectivity index (χ1n) is 12.3. The molecule has 7 aromatic rings. The van der Waals surface area contributed by atoms with Crippen LogP contribution in [-0.4, -0.2) is 9.97 Å². The van der Waals surface area contributed by atoms with Crippen LogP contribution in [0.15, 0.2) is 116 Å². The first-order valence-corrected chi connectivity index (χ1v) is 12.3. The molecule has 3 aromatic heterocycles. The Morgan fingerprint density at radius 3 is 1.92 bits per heavy atom. The number of hydrogen-bond donors (Lipinski definition) is 0. The number of hydrogen-bond acceptors (Lipinski definition) is 2. The Morgan fingerprint density at radius 2 is 1.16 bits per heavy atom. The first kappa shape index (κ1) is 24.0. The summed E-state index contributed by atoms with van der Waals surface area (Å²) in [6.07, 6.45) is 7.90. The molecular formula is C34H21N3Pt. The molecule has 0 fully saturated rings. The molecule has 4 heteroatoms. The summed E-state index contributed by atoms with van der Waals surface area (Å²) in [6.45, 7) is 0. The molecule has 0 bridgehead atoms. The Morgan fingerprint density at radius 1 is 0.553 bits per heavy atom. The van der Waals surface area contributed by atoms with Gasteiger partial charge in [0.25, 0.3) is 0 Å². The molecule has 3 nitrogen and oxygen atoms in total. The van der Waals surface area contributed by atoms with Crippen LogP contribution in [0, 0.1) is 6.07 Å². The van der Waals surface area contributed by atoms with Crippen molar-refractivity contribution >= 4 is 44.5 Å². The zero-order valence-corrected chi connectivity index (χ0v) is 22.6. The van der Waals surface area contributed by atoms with Crippen molar-refractivity contribution in [3.63, 3.8) is 0 Å². The van der Waals surface area contributed by atoms with Crippen molar-refractivity contribution in [2.75, 3.05) is 0 Å². The van der Waals surface area contributed by atoms with Gasteiger partial charge in [-0.25, -0.2) is 0 Å². The van der Waals surface area contributed by atoms with Crippen LogP contribution < -0.4 is 15.7 Å². The van der Waals surface area contributed by atoms with Crippen LogP contribution in [0.3, 0.4) is 0 Å². The first-order chi connectivity index (χ1) is 18.3. The predicted molar refractivity (Wildman–Crippen MR) is 151 cm³/mol. The van der Waals surface area contributed by atoms with Gasteiger partial charge in [-0.2, -0.15) is 5.35 Å². The molecule has 38 heavy (non-hydrogen) atoms. The number of pyridine rings is 2. The Kier molecular flexibility index (Phi) is 6.45. The van der Waals surface area contributed by atoms with E-state index in [-0.39, 0.29) is 21.1 Å². The average molecular weight is 667 g/mol. The van der Waals surface area contributed by atoms with Crippen LogP contribution in [0.2, 0.25) is 0 Å². The molecule has 0 atom stereocenters. The smallest absolute Gasteiger partial charge is 0.663 e. The summed E-state index contributed by atoms with van der Waals surface area (Å²) in [5.74, 6) is 0. The molecule has 0 saturated carbocycles. The van der Waals surface area contributed by atoms with Crippen molar-refractivity contribution in [2.45, 2.75) is 0 Å². The van der Waals surface area contributed by atoms with Crippen LogP contribution >= 0.6 is 0 Å². The average Bonchev–Trinajstić information content (AvgIpc) is 3.30. The van der Waals surface area contributed by atoms with Gasteiger partial charge in [-0.3, -0.25) is 9.97 Å². The van der Waals surface area contributed by atoms with Gasteiger partial charge < -0.3 is 4.98 Å².